The second kappa shape index (κ2) is 11.6. The maximum atomic E-state index is 12.0. The van der Waals surface area contributed by atoms with E-state index in [9.17, 15) is 29.9 Å². The van der Waals surface area contributed by atoms with Crippen LogP contribution in [0.2, 0.25) is 0 Å². The molecule has 1 amide bonds. The number of para-hydroxylation sites is 1. The van der Waals surface area contributed by atoms with E-state index in [0.717, 1.165) is 0 Å². The minimum Gasteiger partial charge on any atom is -0.508 e. The molecule has 3 aromatic carbocycles. The van der Waals surface area contributed by atoms with Crippen molar-refractivity contribution in [1.29, 1.82) is 0 Å². The van der Waals surface area contributed by atoms with E-state index in [4.69, 9.17) is 0 Å². The highest BCUT2D eigenvalue weighted by Crippen LogP contribution is 2.12. The Hall–Kier alpha value is -4.40. The smallest absolute Gasteiger partial charge is 0.326 e. The van der Waals surface area contributed by atoms with Crippen molar-refractivity contribution >= 4 is 17.6 Å². The van der Waals surface area contributed by atoms with Gasteiger partial charge in [-0.3, -0.25) is 4.79 Å². The summed E-state index contributed by atoms with van der Waals surface area (Å²) in [7, 11) is 0. The molecule has 0 bridgehead atoms. The normalized spacial score (nSPS) is 10.7. The summed E-state index contributed by atoms with van der Waals surface area (Å²) in [5.41, 5.74) is 3.65. The lowest BCUT2D eigenvalue weighted by atomic mass is 10.1. The van der Waals surface area contributed by atoms with Crippen molar-refractivity contribution in [2.45, 2.75) is 12.5 Å². The quantitative estimate of drug-likeness (QED) is 0.338. The summed E-state index contributed by atoms with van der Waals surface area (Å²) in [4.78, 5) is 33.1. The summed E-state index contributed by atoms with van der Waals surface area (Å²) in [6, 6.07) is 22.1. The van der Waals surface area contributed by atoms with Gasteiger partial charge in [-0.2, -0.15) is 0 Å². The number of phenolic OH excluding ortho intramolecular Hbond substituents is 1. The zero-order valence-electron chi connectivity index (χ0n) is 16.3. The largest absolute Gasteiger partial charge is 0.508 e. The molecule has 1 atom stereocenters. The first-order valence-electron chi connectivity index (χ1n) is 9.18. The van der Waals surface area contributed by atoms with Gasteiger partial charge in [-0.15, -0.1) is 5.43 Å². The number of nitro groups is 1. The number of aromatic hydroxyl groups is 1. The monoisotopic (exact) mass is 423 g/mol. The van der Waals surface area contributed by atoms with E-state index >= 15 is 0 Å². The number of carboxylic acid groups (broad SMARTS) is 1. The fraction of sp³-hybridized carbons (Fsp3) is 0.0909. The molecule has 3 rings (SSSR count). The minimum absolute atomic E-state index is 0.110. The number of aliphatic carboxylic acids is 1. The molecule has 9 heteroatoms. The summed E-state index contributed by atoms with van der Waals surface area (Å²) in [6.07, 6.45) is 0.147. The van der Waals surface area contributed by atoms with Crippen molar-refractivity contribution in [3.63, 3.8) is 0 Å². The van der Waals surface area contributed by atoms with Crippen LogP contribution in [0.25, 0.3) is 0 Å². The van der Waals surface area contributed by atoms with Crippen molar-refractivity contribution in [3.05, 3.63) is 106 Å². The molecule has 0 saturated carbocycles. The van der Waals surface area contributed by atoms with E-state index in [0.29, 0.717) is 16.8 Å². The van der Waals surface area contributed by atoms with E-state index < -0.39 is 23.0 Å². The van der Waals surface area contributed by atoms with Crippen molar-refractivity contribution in [2.75, 3.05) is 5.43 Å². The zero-order chi connectivity index (χ0) is 22.6. The molecule has 0 unspecified atom stereocenters. The number of carbonyl (C=O) groups excluding carboxylic acids is 1. The van der Waals surface area contributed by atoms with E-state index in [1.807, 2.05) is 5.43 Å². The van der Waals surface area contributed by atoms with Crippen molar-refractivity contribution in [2.24, 2.45) is 0 Å². The van der Waals surface area contributed by atoms with E-state index in [-0.39, 0.29) is 12.2 Å². The Balaban J connectivity index is 0.000000285. The van der Waals surface area contributed by atoms with E-state index in [1.165, 1.54) is 12.1 Å². The average molecular weight is 423 g/mol. The molecule has 9 nitrogen and oxygen atoms in total. The van der Waals surface area contributed by atoms with Crippen LogP contribution < -0.4 is 10.7 Å². The highest BCUT2D eigenvalue weighted by Gasteiger charge is 2.21. The van der Waals surface area contributed by atoms with Gasteiger partial charge >= 0.3 is 5.97 Å². The van der Waals surface area contributed by atoms with Crippen LogP contribution in [-0.2, 0) is 11.2 Å². The molecule has 3 aromatic rings. The predicted molar refractivity (Wildman–Crippen MR) is 114 cm³/mol. The predicted octanol–water partition coefficient (Wildman–Crippen LogP) is 3.11. The molecule has 160 valence electrons. The molecule has 0 radical (unpaired) electrons. The first-order chi connectivity index (χ1) is 14.8. The van der Waals surface area contributed by atoms with Crippen LogP contribution in [0.5, 0.6) is 5.75 Å². The molecule has 0 saturated heterocycles. The fourth-order valence-corrected chi connectivity index (χ4v) is 2.52. The lowest BCUT2D eigenvalue weighted by Crippen LogP contribution is -2.42. The van der Waals surface area contributed by atoms with Gasteiger partial charge in [-0.25, -0.2) is 14.9 Å². The molecular formula is C22H21N3O6. The number of rotatable bonds is 7. The molecule has 31 heavy (non-hydrogen) atoms. The molecule has 4 N–H and O–H groups in total. The van der Waals surface area contributed by atoms with Gasteiger partial charge in [-0.1, -0.05) is 48.5 Å². The van der Waals surface area contributed by atoms with Crippen LogP contribution in [0, 0.1) is 10.1 Å². The van der Waals surface area contributed by atoms with Crippen LogP contribution >= 0.6 is 0 Å². The molecule has 0 aromatic heterocycles. The summed E-state index contributed by atoms with van der Waals surface area (Å²) in [6.45, 7) is 0. The molecule has 0 spiro atoms. The first kappa shape index (κ1) is 22.9. The summed E-state index contributed by atoms with van der Waals surface area (Å²) in [5.74, 6) is -1.42. The van der Waals surface area contributed by atoms with E-state index in [2.05, 4.69) is 5.32 Å². The number of nitrogens with one attached hydrogen (secondary N) is 2. The maximum absolute atomic E-state index is 12.0. The molecule has 0 fully saturated rings. The van der Waals surface area contributed by atoms with Crippen LogP contribution in [-0.4, -0.2) is 33.2 Å². The Kier molecular flexibility index (Phi) is 8.54. The van der Waals surface area contributed by atoms with Gasteiger partial charge < -0.3 is 15.5 Å². The van der Waals surface area contributed by atoms with Gasteiger partial charge in [0.1, 0.15) is 17.5 Å². The number of amides is 1. The van der Waals surface area contributed by atoms with E-state index in [1.54, 1.807) is 72.8 Å². The number of carbonyl (C=O) groups is 2. The number of hydrogen-bond acceptors (Lipinski definition) is 5. The topological polar surface area (TPSA) is 142 Å². The first-order valence-corrected chi connectivity index (χ1v) is 9.18. The van der Waals surface area contributed by atoms with Gasteiger partial charge in [0.05, 0.1) is 0 Å². The Morgan fingerprint density at radius 1 is 0.903 bits per heavy atom. The maximum Gasteiger partial charge on any atom is 0.326 e. The third-order valence-corrected chi connectivity index (χ3v) is 4.01. The molecule has 0 aliphatic heterocycles. The number of benzene rings is 3. The van der Waals surface area contributed by atoms with Crippen molar-refractivity contribution in [3.8, 4) is 5.75 Å². The number of hydrazine groups is 1. The van der Waals surface area contributed by atoms with Gasteiger partial charge in [0.15, 0.2) is 5.03 Å². The molecule has 0 aliphatic rings. The second-order valence-electron chi connectivity index (χ2n) is 6.34. The van der Waals surface area contributed by atoms with Crippen molar-refractivity contribution < 1.29 is 24.8 Å². The highest BCUT2D eigenvalue weighted by molar-refractivity contribution is 5.96. The number of phenols is 1. The summed E-state index contributed by atoms with van der Waals surface area (Å²) < 4.78 is 0. The average Bonchev–Trinajstić information content (AvgIpc) is 2.76. The molecule has 0 aliphatic carbocycles. The summed E-state index contributed by atoms with van der Waals surface area (Å²) in [5, 5.41) is 30.2. The number of anilines is 1. The Bertz CT molecular complexity index is 995. The molecular weight excluding hydrogens is 402 g/mol. The Labute approximate surface area is 178 Å². The lowest BCUT2D eigenvalue weighted by molar-refractivity contribution is -0.445. The lowest BCUT2D eigenvalue weighted by Gasteiger charge is -2.14. The van der Waals surface area contributed by atoms with Crippen molar-refractivity contribution in [1.82, 2.24) is 5.32 Å². The highest BCUT2D eigenvalue weighted by atomic mass is 16.7. The second-order valence-corrected chi connectivity index (χ2v) is 6.34. The van der Waals surface area contributed by atoms with Gasteiger partial charge in [0.25, 0.3) is 5.91 Å². The zero-order valence-corrected chi connectivity index (χ0v) is 16.3. The number of hydrogen-bond donors (Lipinski definition) is 4. The third-order valence-electron chi connectivity index (χ3n) is 4.01. The fourth-order valence-electron chi connectivity index (χ4n) is 2.52. The van der Waals surface area contributed by atoms with Crippen LogP contribution in [0.1, 0.15) is 15.9 Å². The molecule has 0 heterocycles. The van der Waals surface area contributed by atoms with Crippen LogP contribution in [0.4, 0.5) is 5.69 Å². The Morgan fingerprint density at radius 2 is 1.45 bits per heavy atom. The van der Waals surface area contributed by atoms with Crippen LogP contribution in [0.15, 0.2) is 84.9 Å². The van der Waals surface area contributed by atoms with Crippen LogP contribution in [0.3, 0.4) is 0 Å². The number of nitrogens with zero attached hydrogens (tertiary/aromatic N) is 1. The minimum atomic E-state index is -1.10. The standard InChI is InChI=1S/C16H15NO4.C6H6N2O2/c18-13-8-6-11(7-9-13)10-14(16(20)21)17-15(19)12-4-2-1-3-5-12;9-8(10)7-6-4-2-1-3-5-6/h1-9,14,18H,10H2,(H,17,19)(H,20,21);1-5,7H/t14-;/m0./s1. The number of carboxylic acids is 1. The SMILES string of the molecule is O=C(N[C@@H](Cc1ccc(O)cc1)C(=O)O)c1ccccc1.O=[N+]([O-])Nc1ccccc1. The third kappa shape index (κ3) is 8.24. The van der Waals surface area contributed by atoms with Gasteiger partial charge in [0.2, 0.25) is 0 Å². The van der Waals surface area contributed by atoms with Gasteiger partial charge in [-0.05, 0) is 42.0 Å². The van der Waals surface area contributed by atoms with Gasteiger partial charge in [0, 0.05) is 12.0 Å². The Morgan fingerprint density at radius 3 is 1.97 bits per heavy atom. The summed E-state index contributed by atoms with van der Waals surface area (Å²) >= 11 is 0.